The Balaban J connectivity index is 1.31. The summed E-state index contributed by atoms with van der Waals surface area (Å²) in [5, 5.41) is 9.43. The van der Waals surface area contributed by atoms with Crippen LogP contribution in [0, 0.1) is 0 Å². The lowest BCUT2D eigenvalue weighted by Crippen LogP contribution is -2.40. The molecule has 0 atom stereocenters. The predicted molar refractivity (Wildman–Crippen MR) is 107 cm³/mol. The molecule has 0 radical (unpaired) electrons. The Morgan fingerprint density at radius 3 is 2.61 bits per heavy atom. The van der Waals surface area contributed by atoms with Crippen LogP contribution in [0.3, 0.4) is 0 Å². The van der Waals surface area contributed by atoms with E-state index >= 15 is 0 Å². The molecule has 2 aliphatic heterocycles. The normalized spacial score (nSPS) is 18.4. The Bertz CT molecular complexity index is 851. The second kappa shape index (κ2) is 7.38. The second-order valence-electron chi connectivity index (χ2n) is 8.32. The van der Waals surface area contributed by atoms with E-state index in [4.69, 9.17) is 9.47 Å². The van der Waals surface area contributed by atoms with E-state index < -0.39 is 0 Å². The summed E-state index contributed by atoms with van der Waals surface area (Å²) in [6.07, 6.45) is 2.70. The van der Waals surface area contributed by atoms with E-state index in [2.05, 4.69) is 13.8 Å². The molecule has 1 amide bonds. The first-order valence-electron chi connectivity index (χ1n) is 9.92. The van der Waals surface area contributed by atoms with E-state index in [1.807, 2.05) is 35.2 Å². The van der Waals surface area contributed by atoms with Crippen LogP contribution in [-0.2, 0) is 11.2 Å². The highest BCUT2D eigenvalue weighted by molar-refractivity contribution is 5.78. The molecule has 2 aromatic carbocycles. The molecule has 5 heteroatoms. The van der Waals surface area contributed by atoms with Crippen LogP contribution in [0.4, 0.5) is 0 Å². The molecule has 0 aliphatic carbocycles. The van der Waals surface area contributed by atoms with Crippen molar-refractivity contribution in [1.82, 2.24) is 4.90 Å². The zero-order valence-electron chi connectivity index (χ0n) is 16.5. The summed E-state index contributed by atoms with van der Waals surface area (Å²) >= 11 is 0. The fraction of sp³-hybridized carbons (Fsp3) is 0.435. The monoisotopic (exact) mass is 381 g/mol. The highest BCUT2D eigenvalue weighted by atomic mass is 16.5. The van der Waals surface area contributed by atoms with Crippen LogP contribution >= 0.6 is 0 Å². The van der Waals surface area contributed by atoms with Gasteiger partial charge in [-0.05, 0) is 56.4 Å². The summed E-state index contributed by atoms with van der Waals surface area (Å²) in [4.78, 5) is 14.5. The minimum Gasteiger partial charge on any atom is -0.508 e. The van der Waals surface area contributed by atoms with E-state index in [-0.39, 0.29) is 23.9 Å². The van der Waals surface area contributed by atoms with E-state index in [1.165, 1.54) is 5.56 Å². The third kappa shape index (κ3) is 3.93. The summed E-state index contributed by atoms with van der Waals surface area (Å²) in [7, 11) is 0. The molecule has 2 heterocycles. The number of aromatic hydroxyl groups is 1. The number of ether oxygens (including phenoxy) is 2. The number of rotatable bonds is 4. The summed E-state index contributed by atoms with van der Waals surface area (Å²) in [6, 6.07) is 13.3. The topological polar surface area (TPSA) is 59.0 Å². The van der Waals surface area contributed by atoms with Crippen LogP contribution < -0.4 is 9.47 Å². The van der Waals surface area contributed by atoms with Crippen LogP contribution in [0.15, 0.2) is 42.5 Å². The van der Waals surface area contributed by atoms with Gasteiger partial charge in [-0.3, -0.25) is 4.79 Å². The number of benzene rings is 2. The van der Waals surface area contributed by atoms with Gasteiger partial charge in [0.2, 0.25) is 0 Å². The third-order valence-corrected chi connectivity index (χ3v) is 5.62. The maximum Gasteiger partial charge on any atom is 0.260 e. The van der Waals surface area contributed by atoms with Gasteiger partial charge in [0.25, 0.3) is 5.91 Å². The highest BCUT2D eigenvalue weighted by Gasteiger charge is 2.32. The maximum atomic E-state index is 12.6. The number of nitrogens with zero attached hydrogens (tertiary/aromatic N) is 1. The minimum absolute atomic E-state index is 0.0130. The minimum atomic E-state index is -0.234. The standard InChI is InChI=1S/C23H27NO4/c1-23(2)14-18-4-3-5-20(22(18)28-23)27-15-21(26)24-12-10-17(11-13-24)16-6-8-19(25)9-7-16/h3-9,17,25H,10-15H2,1-2H3. The molecule has 0 spiro atoms. The van der Waals surface area contributed by atoms with Crippen molar-refractivity contribution < 1.29 is 19.4 Å². The molecule has 4 rings (SSSR count). The largest absolute Gasteiger partial charge is 0.508 e. The predicted octanol–water partition coefficient (Wildman–Crippen LogP) is 3.89. The lowest BCUT2D eigenvalue weighted by atomic mass is 9.89. The number of amides is 1. The number of carbonyl (C=O) groups is 1. The van der Waals surface area contributed by atoms with Crippen LogP contribution in [0.1, 0.15) is 43.7 Å². The van der Waals surface area contributed by atoms with Crippen LogP contribution in [-0.4, -0.2) is 41.2 Å². The summed E-state index contributed by atoms with van der Waals surface area (Å²) in [5.74, 6) is 2.15. The molecule has 0 bridgehead atoms. The molecule has 5 nitrogen and oxygen atoms in total. The number of hydrogen-bond donors (Lipinski definition) is 1. The van der Waals surface area contributed by atoms with Crippen LogP contribution in [0.25, 0.3) is 0 Å². The van der Waals surface area contributed by atoms with Gasteiger partial charge in [-0.1, -0.05) is 24.3 Å². The fourth-order valence-electron chi connectivity index (χ4n) is 4.14. The van der Waals surface area contributed by atoms with Gasteiger partial charge >= 0.3 is 0 Å². The van der Waals surface area contributed by atoms with E-state index in [1.54, 1.807) is 12.1 Å². The quantitative estimate of drug-likeness (QED) is 0.873. The first kappa shape index (κ1) is 18.7. The highest BCUT2D eigenvalue weighted by Crippen LogP contribution is 2.41. The number of piperidine rings is 1. The van der Waals surface area contributed by atoms with Crippen molar-refractivity contribution >= 4 is 5.91 Å². The number of likely N-dealkylation sites (tertiary alicyclic amines) is 1. The third-order valence-electron chi connectivity index (χ3n) is 5.62. The Morgan fingerprint density at radius 2 is 1.89 bits per heavy atom. The molecule has 148 valence electrons. The van der Waals surface area contributed by atoms with Gasteiger partial charge in [0.05, 0.1) is 0 Å². The van der Waals surface area contributed by atoms with Crippen molar-refractivity contribution in [3.63, 3.8) is 0 Å². The van der Waals surface area contributed by atoms with Gasteiger partial charge in [-0.25, -0.2) is 0 Å². The Labute approximate surface area is 165 Å². The lowest BCUT2D eigenvalue weighted by Gasteiger charge is -2.32. The van der Waals surface area contributed by atoms with E-state index in [9.17, 15) is 9.90 Å². The number of phenols is 1. The SMILES string of the molecule is CC1(C)Cc2cccc(OCC(=O)N3CCC(c4ccc(O)cc4)CC3)c2O1. The van der Waals surface area contributed by atoms with Gasteiger partial charge in [0, 0.05) is 25.1 Å². The molecular formula is C23H27NO4. The average molecular weight is 381 g/mol. The van der Waals surface area contributed by atoms with Gasteiger partial charge in [0.15, 0.2) is 18.1 Å². The first-order chi connectivity index (χ1) is 13.4. The number of fused-ring (bicyclic) bond motifs is 1. The van der Waals surface area contributed by atoms with Crippen molar-refractivity contribution in [3.8, 4) is 17.2 Å². The van der Waals surface area contributed by atoms with Gasteiger partial charge < -0.3 is 19.5 Å². The molecule has 0 aromatic heterocycles. The summed E-state index contributed by atoms with van der Waals surface area (Å²) in [5.41, 5.74) is 2.12. The first-order valence-corrected chi connectivity index (χ1v) is 9.92. The zero-order valence-corrected chi connectivity index (χ0v) is 16.5. The summed E-state index contributed by atoms with van der Waals surface area (Å²) in [6.45, 7) is 5.60. The van der Waals surface area contributed by atoms with Crippen molar-refractivity contribution in [2.75, 3.05) is 19.7 Å². The molecule has 0 unspecified atom stereocenters. The zero-order chi connectivity index (χ0) is 19.7. The summed E-state index contributed by atoms with van der Waals surface area (Å²) < 4.78 is 11.8. The molecule has 2 aliphatic rings. The van der Waals surface area contributed by atoms with Crippen molar-refractivity contribution in [1.29, 1.82) is 0 Å². The van der Waals surface area contributed by atoms with Crippen LogP contribution in [0.2, 0.25) is 0 Å². The molecular weight excluding hydrogens is 354 g/mol. The van der Waals surface area contributed by atoms with Gasteiger partial charge in [0.1, 0.15) is 11.4 Å². The Hall–Kier alpha value is -2.69. The molecule has 1 fully saturated rings. The number of carbonyl (C=O) groups excluding carboxylic acids is 1. The van der Waals surface area contributed by atoms with Gasteiger partial charge in [-0.2, -0.15) is 0 Å². The maximum absolute atomic E-state index is 12.6. The molecule has 1 saturated heterocycles. The lowest BCUT2D eigenvalue weighted by molar-refractivity contribution is -0.134. The molecule has 2 aromatic rings. The van der Waals surface area contributed by atoms with E-state index in [0.29, 0.717) is 11.7 Å². The molecule has 28 heavy (non-hydrogen) atoms. The number of hydrogen-bond acceptors (Lipinski definition) is 4. The fourth-order valence-corrected chi connectivity index (χ4v) is 4.14. The van der Waals surface area contributed by atoms with E-state index in [0.717, 1.165) is 43.7 Å². The Kier molecular flexibility index (Phi) is 4.92. The average Bonchev–Trinajstić information content (AvgIpc) is 3.01. The number of para-hydroxylation sites is 1. The molecule has 1 N–H and O–H groups in total. The van der Waals surface area contributed by atoms with Crippen molar-refractivity contribution in [2.45, 2.75) is 44.6 Å². The smallest absolute Gasteiger partial charge is 0.260 e. The Morgan fingerprint density at radius 1 is 1.18 bits per heavy atom. The second-order valence-corrected chi connectivity index (χ2v) is 8.32. The number of phenolic OH excluding ortho intramolecular Hbond substituents is 1. The molecule has 0 saturated carbocycles. The van der Waals surface area contributed by atoms with Crippen molar-refractivity contribution in [3.05, 3.63) is 53.6 Å². The van der Waals surface area contributed by atoms with Gasteiger partial charge in [-0.15, -0.1) is 0 Å². The van der Waals surface area contributed by atoms with Crippen LogP contribution in [0.5, 0.6) is 17.2 Å². The van der Waals surface area contributed by atoms with Crippen molar-refractivity contribution in [2.24, 2.45) is 0 Å².